The van der Waals surface area contributed by atoms with Crippen molar-refractivity contribution in [2.24, 2.45) is 0 Å². The quantitative estimate of drug-likeness (QED) is 0.416. The van der Waals surface area contributed by atoms with E-state index in [1.807, 2.05) is 67.6 Å². The fraction of sp³-hybridized carbons (Fsp3) is 0.154. The number of rotatable bonds is 6. The molecule has 0 saturated heterocycles. The summed E-state index contributed by atoms with van der Waals surface area (Å²) < 4.78 is 27.7. The Labute approximate surface area is 189 Å². The lowest BCUT2D eigenvalue weighted by atomic mass is 10.0. The van der Waals surface area contributed by atoms with Crippen LogP contribution in [0.15, 0.2) is 83.8 Å². The zero-order valence-corrected chi connectivity index (χ0v) is 18.7. The Hall–Kier alpha value is -3.38. The third-order valence-electron chi connectivity index (χ3n) is 5.40. The van der Waals surface area contributed by atoms with Gasteiger partial charge < -0.3 is 5.32 Å². The molecular formula is C26H23FN2O2S. The van der Waals surface area contributed by atoms with E-state index in [1.165, 1.54) is 18.4 Å². The van der Waals surface area contributed by atoms with Gasteiger partial charge in [-0.25, -0.2) is 9.37 Å². The third kappa shape index (κ3) is 4.18. The average molecular weight is 447 g/mol. The lowest BCUT2D eigenvalue weighted by molar-refractivity contribution is 0.0934. The maximum atomic E-state index is 14.8. The summed E-state index contributed by atoms with van der Waals surface area (Å²) in [5.74, 6) is -0.932. The SMILES string of the molecule is CC[C@H](NC(=O)c1c(S(C)=O)c(-c2ccccc2)nc2c(F)cccc12)c1ccccc1. The molecule has 1 amide bonds. The molecule has 0 aliphatic heterocycles. The number of nitrogens with zero attached hydrogens (tertiary/aromatic N) is 1. The number of nitrogens with one attached hydrogen (secondary N) is 1. The number of pyridine rings is 1. The second-order valence-corrected chi connectivity index (χ2v) is 8.78. The summed E-state index contributed by atoms with van der Waals surface area (Å²) in [6, 6.07) is 23.0. The highest BCUT2D eigenvalue weighted by Crippen LogP contribution is 2.34. The Bertz CT molecular complexity index is 1290. The highest BCUT2D eigenvalue weighted by molar-refractivity contribution is 7.84. The van der Waals surface area contributed by atoms with Gasteiger partial charge >= 0.3 is 0 Å². The predicted molar refractivity (Wildman–Crippen MR) is 126 cm³/mol. The molecule has 0 saturated carbocycles. The zero-order chi connectivity index (χ0) is 22.7. The largest absolute Gasteiger partial charge is 0.345 e. The molecular weight excluding hydrogens is 423 g/mol. The van der Waals surface area contributed by atoms with E-state index in [4.69, 9.17) is 0 Å². The molecule has 6 heteroatoms. The van der Waals surface area contributed by atoms with E-state index < -0.39 is 22.5 Å². The Morgan fingerprint density at radius 3 is 2.28 bits per heavy atom. The smallest absolute Gasteiger partial charge is 0.253 e. The van der Waals surface area contributed by atoms with Crippen LogP contribution in [-0.2, 0) is 10.8 Å². The summed E-state index contributed by atoms with van der Waals surface area (Å²) in [6.45, 7) is 1.98. The van der Waals surface area contributed by atoms with Crippen molar-refractivity contribution in [1.82, 2.24) is 10.3 Å². The van der Waals surface area contributed by atoms with Crippen LogP contribution in [-0.4, -0.2) is 21.4 Å². The zero-order valence-electron chi connectivity index (χ0n) is 17.8. The van der Waals surface area contributed by atoms with Crippen molar-refractivity contribution in [3.05, 3.63) is 95.8 Å². The standard InChI is InChI=1S/C26H23FN2O2S/c1-3-21(17-11-6-4-7-12-17)28-26(30)22-19-15-10-16-20(27)24(19)29-23(25(22)32(2)31)18-13-8-5-9-14-18/h4-16,21H,3H2,1-2H3,(H,28,30)/t21-,32?/m0/s1. The van der Waals surface area contributed by atoms with Crippen molar-refractivity contribution in [1.29, 1.82) is 0 Å². The van der Waals surface area contributed by atoms with Gasteiger partial charge in [0.25, 0.3) is 5.91 Å². The Balaban J connectivity index is 1.94. The summed E-state index contributed by atoms with van der Waals surface area (Å²) >= 11 is 0. The minimum atomic E-state index is -1.54. The van der Waals surface area contributed by atoms with Gasteiger partial charge in [-0.1, -0.05) is 79.7 Å². The first-order chi connectivity index (χ1) is 15.5. The number of amides is 1. The molecule has 162 valence electrons. The summed E-state index contributed by atoms with van der Waals surface area (Å²) in [6.07, 6.45) is 2.18. The molecule has 1 aromatic heterocycles. The van der Waals surface area contributed by atoms with Crippen LogP contribution in [0, 0.1) is 5.82 Å². The van der Waals surface area contributed by atoms with E-state index in [9.17, 15) is 13.4 Å². The minimum Gasteiger partial charge on any atom is -0.345 e. The number of halogens is 1. The Morgan fingerprint density at radius 1 is 1.00 bits per heavy atom. The number of hydrogen-bond acceptors (Lipinski definition) is 3. The molecule has 1 N–H and O–H groups in total. The number of fused-ring (bicyclic) bond motifs is 1. The van der Waals surface area contributed by atoms with Crippen molar-refractivity contribution >= 4 is 27.6 Å². The van der Waals surface area contributed by atoms with Crippen LogP contribution < -0.4 is 5.32 Å². The van der Waals surface area contributed by atoms with Crippen LogP contribution in [0.4, 0.5) is 4.39 Å². The van der Waals surface area contributed by atoms with E-state index in [1.54, 1.807) is 6.07 Å². The van der Waals surface area contributed by atoms with Gasteiger partial charge in [0.05, 0.1) is 33.0 Å². The molecule has 0 spiro atoms. The summed E-state index contributed by atoms with van der Waals surface area (Å²) in [4.78, 5) is 18.4. The second kappa shape index (κ2) is 9.40. The van der Waals surface area contributed by atoms with Crippen molar-refractivity contribution in [3.63, 3.8) is 0 Å². The molecule has 0 fully saturated rings. The van der Waals surface area contributed by atoms with E-state index in [0.29, 0.717) is 28.0 Å². The molecule has 0 bridgehead atoms. The number of hydrogen-bond donors (Lipinski definition) is 1. The van der Waals surface area contributed by atoms with Crippen molar-refractivity contribution < 1.29 is 13.4 Å². The number of aromatic nitrogens is 1. The van der Waals surface area contributed by atoms with Crippen molar-refractivity contribution in [2.45, 2.75) is 24.3 Å². The fourth-order valence-corrected chi connectivity index (χ4v) is 4.79. The first kappa shape index (κ1) is 21.8. The van der Waals surface area contributed by atoms with Gasteiger partial charge in [0.15, 0.2) is 0 Å². The van der Waals surface area contributed by atoms with Gasteiger partial charge in [0.2, 0.25) is 0 Å². The number of carbonyl (C=O) groups is 1. The molecule has 1 unspecified atom stereocenters. The molecule has 3 aromatic carbocycles. The Kier molecular flexibility index (Phi) is 6.42. The van der Waals surface area contributed by atoms with E-state index in [-0.39, 0.29) is 17.1 Å². The highest BCUT2D eigenvalue weighted by atomic mass is 32.2. The van der Waals surface area contributed by atoms with Gasteiger partial charge in [-0.3, -0.25) is 9.00 Å². The van der Waals surface area contributed by atoms with Crippen molar-refractivity contribution in [3.8, 4) is 11.3 Å². The lowest BCUT2D eigenvalue weighted by Crippen LogP contribution is -2.29. The molecule has 0 aliphatic rings. The first-order valence-electron chi connectivity index (χ1n) is 10.4. The molecule has 1 heterocycles. The third-order valence-corrected chi connectivity index (χ3v) is 6.37. The predicted octanol–water partition coefficient (Wildman–Crippen LogP) is 5.66. The van der Waals surface area contributed by atoms with Crippen LogP contribution in [0.2, 0.25) is 0 Å². The molecule has 2 atom stereocenters. The summed E-state index contributed by atoms with van der Waals surface area (Å²) in [7, 11) is -1.54. The normalized spacial score (nSPS) is 13.0. The molecule has 0 aliphatic carbocycles. The van der Waals surface area contributed by atoms with Crippen LogP contribution in [0.5, 0.6) is 0 Å². The van der Waals surface area contributed by atoms with Crippen LogP contribution in [0.3, 0.4) is 0 Å². The maximum Gasteiger partial charge on any atom is 0.253 e. The summed E-state index contributed by atoms with van der Waals surface area (Å²) in [5.41, 5.74) is 2.27. The van der Waals surface area contributed by atoms with Gasteiger partial charge in [-0.2, -0.15) is 0 Å². The average Bonchev–Trinajstić information content (AvgIpc) is 2.82. The minimum absolute atomic E-state index is 0.0819. The molecule has 0 radical (unpaired) electrons. The first-order valence-corrected chi connectivity index (χ1v) is 11.9. The van der Waals surface area contributed by atoms with E-state index in [2.05, 4.69) is 10.3 Å². The number of para-hydroxylation sites is 1. The summed E-state index contributed by atoms with van der Waals surface area (Å²) in [5, 5.41) is 3.40. The number of benzene rings is 3. The molecule has 4 nitrogen and oxygen atoms in total. The maximum absolute atomic E-state index is 14.8. The number of carbonyl (C=O) groups excluding carboxylic acids is 1. The fourth-order valence-electron chi connectivity index (χ4n) is 3.87. The van der Waals surface area contributed by atoms with Gasteiger partial charge in [0.1, 0.15) is 11.3 Å². The topological polar surface area (TPSA) is 59.1 Å². The van der Waals surface area contributed by atoms with Gasteiger partial charge in [-0.05, 0) is 18.1 Å². The van der Waals surface area contributed by atoms with E-state index in [0.717, 1.165) is 5.56 Å². The van der Waals surface area contributed by atoms with Crippen LogP contribution >= 0.6 is 0 Å². The second-order valence-electron chi connectivity index (χ2n) is 7.47. The molecule has 4 rings (SSSR count). The van der Waals surface area contributed by atoms with E-state index >= 15 is 0 Å². The van der Waals surface area contributed by atoms with Crippen LogP contribution in [0.25, 0.3) is 22.2 Å². The van der Waals surface area contributed by atoms with Gasteiger partial charge in [0, 0.05) is 17.2 Å². The molecule has 4 aromatic rings. The monoisotopic (exact) mass is 446 g/mol. The molecule has 32 heavy (non-hydrogen) atoms. The highest BCUT2D eigenvalue weighted by Gasteiger charge is 2.26. The van der Waals surface area contributed by atoms with Crippen LogP contribution in [0.1, 0.15) is 35.3 Å². The lowest BCUT2D eigenvalue weighted by Gasteiger charge is -2.20. The van der Waals surface area contributed by atoms with Gasteiger partial charge in [-0.15, -0.1) is 0 Å². The van der Waals surface area contributed by atoms with Crippen molar-refractivity contribution in [2.75, 3.05) is 6.26 Å². The Morgan fingerprint density at radius 2 is 1.66 bits per heavy atom.